The normalized spacial score (nSPS) is 11.2. The first-order valence-electron chi connectivity index (χ1n) is 4.67. The zero-order valence-corrected chi connectivity index (χ0v) is 11.0. The van der Waals surface area contributed by atoms with E-state index in [4.69, 9.17) is 0 Å². The van der Waals surface area contributed by atoms with Crippen molar-refractivity contribution in [3.8, 4) is 0 Å². The fourth-order valence-electron chi connectivity index (χ4n) is 0.948. The number of aromatic nitrogens is 1. The molecule has 17 heavy (non-hydrogen) atoms. The van der Waals surface area contributed by atoms with E-state index < -0.39 is 16.0 Å². The zero-order valence-electron chi connectivity index (χ0n) is 9.39. The Labute approximate surface area is 103 Å². The molecule has 0 unspecified atom stereocenters. The van der Waals surface area contributed by atoms with Gasteiger partial charge >= 0.3 is 5.97 Å². The number of carbonyl (C=O) groups excluding carboxylic acids is 1. The standard InChI is InChI=1S/C8H13N3O4S2/c1-9-17(13,14)4-3-10-8-11-6(5-16-8)7(12)15-2/h5,9H,3-4H2,1-2H3,(H,10,11). The number of esters is 1. The van der Waals surface area contributed by atoms with Crippen molar-refractivity contribution in [1.82, 2.24) is 9.71 Å². The van der Waals surface area contributed by atoms with E-state index in [1.54, 1.807) is 5.38 Å². The second-order valence-electron chi connectivity index (χ2n) is 2.98. The number of thiazole rings is 1. The maximum Gasteiger partial charge on any atom is 0.357 e. The molecule has 2 N–H and O–H groups in total. The average Bonchev–Trinajstić information content (AvgIpc) is 2.76. The van der Waals surface area contributed by atoms with Crippen molar-refractivity contribution >= 4 is 32.5 Å². The highest BCUT2D eigenvalue weighted by atomic mass is 32.2. The summed E-state index contributed by atoms with van der Waals surface area (Å²) in [6, 6.07) is 0. The van der Waals surface area contributed by atoms with Gasteiger partial charge in [-0.2, -0.15) is 0 Å². The number of hydrogen-bond donors (Lipinski definition) is 2. The molecule has 0 aliphatic carbocycles. The molecule has 1 rings (SSSR count). The summed E-state index contributed by atoms with van der Waals surface area (Å²) in [5.41, 5.74) is 0.205. The molecule has 0 radical (unpaired) electrons. The van der Waals surface area contributed by atoms with Crippen LogP contribution in [0.5, 0.6) is 0 Å². The highest BCUT2D eigenvalue weighted by Gasteiger charge is 2.11. The third kappa shape index (κ3) is 4.29. The van der Waals surface area contributed by atoms with Crippen molar-refractivity contribution in [3.63, 3.8) is 0 Å². The molecule has 0 bridgehead atoms. The first-order valence-corrected chi connectivity index (χ1v) is 7.20. The second kappa shape index (κ2) is 5.94. The van der Waals surface area contributed by atoms with Crippen molar-refractivity contribution in [2.24, 2.45) is 0 Å². The predicted molar refractivity (Wildman–Crippen MR) is 64.8 cm³/mol. The molecular weight excluding hydrogens is 266 g/mol. The van der Waals surface area contributed by atoms with Crippen LogP contribution < -0.4 is 10.0 Å². The van der Waals surface area contributed by atoms with Gasteiger partial charge in [-0.25, -0.2) is 22.9 Å². The molecule has 0 amide bonds. The molecular formula is C8H13N3O4S2. The van der Waals surface area contributed by atoms with Crippen LogP contribution in [0.15, 0.2) is 5.38 Å². The number of anilines is 1. The lowest BCUT2D eigenvalue weighted by Crippen LogP contribution is -2.26. The lowest BCUT2D eigenvalue weighted by atomic mass is 10.5. The average molecular weight is 279 g/mol. The van der Waals surface area contributed by atoms with Crippen LogP contribution in [0.2, 0.25) is 0 Å². The fraction of sp³-hybridized carbons (Fsp3) is 0.500. The molecule has 9 heteroatoms. The Kier molecular flexibility index (Phi) is 4.85. The Balaban J connectivity index is 2.48. The van der Waals surface area contributed by atoms with Crippen LogP contribution in [-0.2, 0) is 14.8 Å². The summed E-state index contributed by atoms with van der Waals surface area (Å²) >= 11 is 1.21. The van der Waals surface area contributed by atoms with Gasteiger partial charge in [0.1, 0.15) is 0 Å². The monoisotopic (exact) mass is 279 g/mol. The summed E-state index contributed by atoms with van der Waals surface area (Å²) < 4.78 is 28.9. The highest BCUT2D eigenvalue weighted by Crippen LogP contribution is 2.15. The molecule has 0 aromatic carbocycles. The Morgan fingerprint density at radius 1 is 1.59 bits per heavy atom. The second-order valence-corrected chi connectivity index (χ2v) is 5.88. The summed E-state index contributed by atoms with van der Waals surface area (Å²) in [5.74, 6) is -0.575. The number of rotatable bonds is 6. The third-order valence-corrected chi connectivity index (χ3v) is 4.02. The molecule has 0 atom stereocenters. The zero-order chi connectivity index (χ0) is 12.9. The van der Waals surface area contributed by atoms with Gasteiger partial charge in [0.15, 0.2) is 10.8 Å². The van der Waals surface area contributed by atoms with Crippen LogP contribution in [0.3, 0.4) is 0 Å². The van der Waals surface area contributed by atoms with E-state index in [1.165, 1.54) is 25.5 Å². The summed E-state index contributed by atoms with van der Waals surface area (Å²) in [6.07, 6.45) is 0. The van der Waals surface area contributed by atoms with Crippen LogP contribution in [0.4, 0.5) is 5.13 Å². The smallest absolute Gasteiger partial charge is 0.357 e. The topological polar surface area (TPSA) is 97.4 Å². The maximum absolute atomic E-state index is 11.1. The quantitative estimate of drug-likeness (QED) is 0.705. The van der Waals surface area contributed by atoms with E-state index in [2.05, 4.69) is 19.8 Å². The number of hydrogen-bond acceptors (Lipinski definition) is 7. The minimum Gasteiger partial charge on any atom is -0.464 e. The van der Waals surface area contributed by atoms with Crippen LogP contribution in [0.25, 0.3) is 0 Å². The Bertz CT molecular complexity index is 483. The van der Waals surface area contributed by atoms with Gasteiger partial charge in [0, 0.05) is 11.9 Å². The molecule has 0 aliphatic rings. The first kappa shape index (κ1) is 13.9. The number of methoxy groups -OCH3 is 1. The van der Waals surface area contributed by atoms with Gasteiger partial charge in [-0.05, 0) is 7.05 Å². The molecule has 1 aromatic heterocycles. The van der Waals surface area contributed by atoms with E-state index >= 15 is 0 Å². The van der Waals surface area contributed by atoms with Crippen LogP contribution in [0, 0.1) is 0 Å². The Hall–Kier alpha value is -1.19. The maximum atomic E-state index is 11.1. The van der Waals surface area contributed by atoms with E-state index in [-0.39, 0.29) is 18.0 Å². The molecule has 0 saturated carbocycles. The van der Waals surface area contributed by atoms with Gasteiger partial charge in [0.2, 0.25) is 10.0 Å². The lowest BCUT2D eigenvalue weighted by molar-refractivity contribution is 0.0595. The molecule has 1 aromatic rings. The number of sulfonamides is 1. The summed E-state index contributed by atoms with van der Waals surface area (Å²) in [5, 5.41) is 4.84. The molecule has 0 spiro atoms. The summed E-state index contributed by atoms with van der Waals surface area (Å²) in [7, 11) is -0.604. The SMILES string of the molecule is CNS(=O)(=O)CCNc1nc(C(=O)OC)cs1. The third-order valence-electron chi connectivity index (χ3n) is 1.86. The number of ether oxygens (including phenoxy) is 1. The van der Waals surface area contributed by atoms with E-state index in [1.807, 2.05) is 0 Å². The first-order chi connectivity index (χ1) is 7.98. The fourth-order valence-corrected chi connectivity index (χ4v) is 2.23. The van der Waals surface area contributed by atoms with Gasteiger partial charge in [-0.3, -0.25) is 0 Å². The van der Waals surface area contributed by atoms with E-state index in [0.29, 0.717) is 5.13 Å². The van der Waals surface area contributed by atoms with E-state index in [9.17, 15) is 13.2 Å². The summed E-state index contributed by atoms with van der Waals surface area (Å²) in [4.78, 5) is 15.0. The van der Waals surface area contributed by atoms with E-state index in [0.717, 1.165) is 0 Å². The highest BCUT2D eigenvalue weighted by molar-refractivity contribution is 7.89. The lowest BCUT2D eigenvalue weighted by Gasteiger charge is -2.02. The molecule has 0 fully saturated rings. The van der Waals surface area contributed by atoms with Gasteiger partial charge in [-0.1, -0.05) is 0 Å². The van der Waals surface area contributed by atoms with Gasteiger partial charge in [-0.15, -0.1) is 11.3 Å². The minimum absolute atomic E-state index is 0.0589. The largest absolute Gasteiger partial charge is 0.464 e. The van der Waals surface area contributed by atoms with Crippen molar-refractivity contribution in [1.29, 1.82) is 0 Å². The Morgan fingerprint density at radius 2 is 2.29 bits per heavy atom. The van der Waals surface area contributed by atoms with Crippen molar-refractivity contribution < 1.29 is 17.9 Å². The number of carbonyl (C=O) groups is 1. The molecule has 0 saturated heterocycles. The van der Waals surface area contributed by atoms with Crippen molar-refractivity contribution in [2.75, 3.05) is 31.8 Å². The minimum atomic E-state index is -3.23. The molecule has 0 aliphatic heterocycles. The molecule has 96 valence electrons. The van der Waals surface area contributed by atoms with Gasteiger partial charge < -0.3 is 10.1 Å². The van der Waals surface area contributed by atoms with Gasteiger partial charge in [0.25, 0.3) is 0 Å². The molecule has 1 heterocycles. The van der Waals surface area contributed by atoms with Crippen molar-refractivity contribution in [2.45, 2.75) is 0 Å². The van der Waals surface area contributed by atoms with Crippen LogP contribution in [0.1, 0.15) is 10.5 Å². The van der Waals surface area contributed by atoms with Crippen molar-refractivity contribution in [3.05, 3.63) is 11.1 Å². The summed E-state index contributed by atoms with van der Waals surface area (Å²) in [6.45, 7) is 0.220. The molecule has 7 nitrogen and oxygen atoms in total. The van der Waals surface area contributed by atoms with Gasteiger partial charge in [0.05, 0.1) is 12.9 Å². The Morgan fingerprint density at radius 3 is 2.88 bits per heavy atom. The number of nitrogens with zero attached hydrogens (tertiary/aromatic N) is 1. The van der Waals surface area contributed by atoms with Crippen LogP contribution >= 0.6 is 11.3 Å². The van der Waals surface area contributed by atoms with Crippen LogP contribution in [-0.4, -0.2) is 45.8 Å². The predicted octanol–water partition coefficient (Wildman–Crippen LogP) is -0.109. The number of nitrogens with one attached hydrogen (secondary N) is 2.